The van der Waals surface area contributed by atoms with Gasteiger partial charge in [-0.15, -0.1) is 15.5 Å². The number of aliphatic hydroxyl groups is 1. The van der Waals surface area contributed by atoms with E-state index in [2.05, 4.69) is 88.7 Å². The van der Waals surface area contributed by atoms with Gasteiger partial charge >= 0.3 is 55.2 Å². The average Bonchev–Trinajstić information content (AvgIpc) is 3.60. The molecule has 404 valence electrons. The van der Waals surface area contributed by atoms with E-state index < -0.39 is 45.7 Å². The van der Waals surface area contributed by atoms with Crippen molar-refractivity contribution in [2.75, 3.05) is 51.9 Å². The molecule has 1 aromatic rings. The Labute approximate surface area is 448 Å². The summed E-state index contributed by atoms with van der Waals surface area (Å²) in [5, 5.41) is 4.69. The minimum atomic E-state index is -6.73. The van der Waals surface area contributed by atoms with Crippen molar-refractivity contribution in [3.63, 3.8) is 0 Å². The van der Waals surface area contributed by atoms with Gasteiger partial charge in [-0.05, 0) is 139 Å². The third kappa shape index (κ3) is 18.8. The van der Waals surface area contributed by atoms with Crippen molar-refractivity contribution < 1.29 is 100 Å². The fraction of sp³-hybridized carbons (Fsp3) is 0.816. The first-order valence-corrected chi connectivity index (χ1v) is 27.1. The van der Waals surface area contributed by atoms with Crippen LogP contribution in [0.5, 0.6) is 5.75 Å². The molecule has 0 radical (unpaired) electrons. The predicted octanol–water partition coefficient (Wildman–Crippen LogP) is 15.1. The summed E-state index contributed by atoms with van der Waals surface area (Å²) in [6.07, 6.45) is -11.4. The Bertz CT molecular complexity index is 1670. The molecule has 7 unspecified atom stereocenters. The molecular formula is C49H78F9N2O6PS2U. The van der Waals surface area contributed by atoms with E-state index in [9.17, 15) is 39.5 Å². The van der Waals surface area contributed by atoms with E-state index in [1.165, 1.54) is 31.4 Å². The Balaban J connectivity index is 0.000000712. The van der Waals surface area contributed by atoms with Gasteiger partial charge in [-0.2, -0.15) is 39.5 Å². The number of hydrogen-bond acceptors (Lipinski definition) is 9. The molecule has 0 aromatic heterocycles. The molecule has 1 N–H and O–H groups in total. The topological polar surface area (TPSA) is 74.0 Å². The second kappa shape index (κ2) is 30.5. The van der Waals surface area contributed by atoms with Crippen LogP contribution in [0.1, 0.15) is 138 Å². The van der Waals surface area contributed by atoms with Crippen LogP contribution in [0.25, 0.3) is 4.85 Å². The zero-order valence-electron chi connectivity index (χ0n) is 44.1. The number of halogens is 9. The Morgan fingerprint density at radius 1 is 0.957 bits per heavy atom. The zero-order chi connectivity index (χ0) is 53.8. The van der Waals surface area contributed by atoms with Crippen LogP contribution in [0.3, 0.4) is 0 Å². The summed E-state index contributed by atoms with van der Waals surface area (Å²) >= 11 is 0. The second-order valence-corrected chi connectivity index (χ2v) is 23.9. The standard InChI is InChI=1S/C27H32F9O3.C21H42N2O3PS2.CH4.U/c1-3-37-17-6-8-18-16(15-17)5-7-20-19(18)11-12-23(2)21(20)9-10-22(23)38-13-4-14-39-24(25(28,29)30,26(31,32)33)27(34,35)36;1-18(2)23(19(3)4)27(25-14-13-22-8)26-17-20(16-24)12-10-9-11-15-28-29-21(5,6)7;;/h6,8,15,19-22H,1,3-5,7,9-14H2,2H3;18-20,24H,5,9-17H2,1-4,6-7H3;1H4;/q2*-1;;+2/i;24D;1T;. The van der Waals surface area contributed by atoms with Crippen molar-refractivity contribution in [1.29, 1.82) is 1.43 Å². The first-order chi connectivity index (χ1) is 33.2. The van der Waals surface area contributed by atoms with Crippen LogP contribution in [0.15, 0.2) is 18.2 Å². The average molecular weight is 1300 g/mol. The summed E-state index contributed by atoms with van der Waals surface area (Å²) in [5.74, 6) is 3.23. The molecule has 7 atom stereocenters. The molecule has 0 amide bonds. The summed E-state index contributed by atoms with van der Waals surface area (Å²) in [5.41, 5.74) is -3.89. The van der Waals surface area contributed by atoms with Gasteiger partial charge in [-0.1, -0.05) is 57.9 Å². The monoisotopic (exact) mass is 1300 g/mol. The quantitative estimate of drug-likeness (QED) is 0.0305. The van der Waals surface area contributed by atoms with Gasteiger partial charge in [0.25, 0.3) is 8.53 Å². The molecule has 2 fully saturated rings. The van der Waals surface area contributed by atoms with Crippen molar-refractivity contribution in [3.05, 3.63) is 54.6 Å². The van der Waals surface area contributed by atoms with Crippen molar-refractivity contribution in [3.8, 4) is 5.75 Å². The van der Waals surface area contributed by atoms with Gasteiger partial charge in [0.2, 0.25) is 7.98 Å². The molecule has 0 aliphatic heterocycles. The number of rotatable bonds is 27. The normalized spacial score (nSPS) is 22.8. The van der Waals surface area contributed by atoms with Gasteiger partial charge in [-0.3, -0.25) is 0 Å². The molecule has 2 saturated carbocycles. The van der Waals surface area contributed by atoms with Crippen LogP contribution in [-0.2, 0) is 24.9 Å². The number of benzene rings is 1. The van der Waals surface area contributed by atoms with E-state index >= 15 is 0 Å². The van der Waals surface area contributed by atoms with Gasteiger partial charge in [0.15, 0.2) is 0 Å². The van der Waals surface area contributed by atoms with E-state index in [1.807, 2.05) is 27.7 Å². The minimum Gasteiger partial charge on any atom is -0.525 e. The van der Waals surface area contributed by atoms with Crippen LogP contribution in [0.4, 0.5) is 39.5 Å². The molecule has 0 spiro atoms. The van der Waals surface area contributed by atoms with Crippen LogP contribution in [-0.4, -0.2) is 110 Å². The first kappa shape index (κ1) is 64.1. The van der Waals surface area contributed by atoms with Gasteiger partial charge in [0.05, 0.1) is 19.3 Å². The molecule has 1 aromatic carbocycles. The summed E-state index contributed by atoms with van der Waals surface area (Å²) in [6, 6.07) is 6.71. The molecule has 4 rings (SSSR count). The Morgan fingerprint density at radius 3 is 2.19 bits per heavy atom. The number of nitrogens with zero attached hydrogens (tertiary/aromatic N) is 2. The molecule has 0 saturated heterocycles. The Hall–Kier alpha value is -0.178. The Kier molecular flexibility index (Phi) is 28.0. The van der Waals surface area contributed by atoms with Crippen LogP contribution < -0.4 is 4.74 Å². The van der Waals surface area contributed by atoms with E-state index in [1.54, 1.807) is 0 Å². The molecular weight excluding hydrogens is 1220 g/mol. The molecule has 21 heteroatoms. The van der Waals surface area contributed by atoms with Crippen LogP contribution >= 0.6 is 30.1 Å². The van der Waals surface area contributed by atoms with Crippen molar-refractivity contribution >= 4 is 30.1 Å². The maximum Gasteiger partial charge on any atom is 2.00 e. The summed E-state index contributed by atoms with van der Waals surface area (Å²) < 4.78 is 160. The molecule has 70 heavy (non-hydrogen) atoms. The van der Waals surface area contributed by atoms with Gasteiger partial charge in [0.1, 0.15) is 12.4 Å². The maximum atomic E-state index is 13.0. The summed E-state index contributed by atoms with van der Waals surface area (Å²) in [6.45, 7) is 29.9. The second-order valence-electron chi connectivity index (χ2n) is 19.3. The molecule has 3 aliphatic rings. The smallest absolute Gasteiger partial charge is 0.525 e. The number of aliphatic hydroxyl groups excluding tert-OH is 1. The number of fused-ring (bicyclic) bond motifs is 5. The van der Waals surface area contributed by atoms with Gasteiger partial charge < -0.3 is 47.1 Å². The number of ether oxygens (including phenoxy) is 3. The van der Waals surface area contributed by atoms with Crippen molar-refractivity contribution in [2.45, 2.75) is 179 Å². The molecule has 3 aliphatic carbocycles. The van der Waals surface area contributed by atoms with Crippen LogP contribution in [0, 0.1) is 74.7 Å². The van der Waals surface area contributed by atoms with E-state index in [0.717, 1.165) is 56.4 Å². The van der Waals surface area contributed by atoms with E-state index in [0.29, 0.717) is 57.1 Å². The summed E-state index contributed by atoms with van der Waals surface area (Å²) in [7, 11) is 3.75. The molecule has 0 heterocycles. The fourth-order valence-electron chi connectivity index (χ4n) is 9.89. The van der Waals surface area contributed by atoms with Crippen molar-refractivity contribution in [2.24, 2.45) is 23.2 Å². The molecule has 0 bridgehead atoms. The van der Waals surface area contributed by atoms with E-state index in [4.69, 9.17) is 33.0 Å². The number of aryl methyl sites for hydroxylation is 1. The number of unbranched alkanes of at least 4 members (excludes halogenated alkanes) is 2. The largest absolute Gasteiger partial charge is 2.00 e. The molecule has 8 nitrogen and oxygen atoms in total. The van der Waals surface area contributed by atoms with Gasteiger partial charge in [0, 0.05) is 38.3 Å². The fourth-order valence-corrected chi connectivity index (χ4v) is 13.9. The maximum absolute atomic E-state index is 13.0. The third-order valence-corrected chi connectivity index (χ3v) is 18.2. The van der Waals surface area contributed by atoms with E-state index in [-0.39, 0.29) is 72.0 Å². The van der Waals surface area contributed by atoms with Crippen molar-refractivity contribution in [1.82, 2.24) is 4.67 Å². The Morgan fingerprint density at radius 2 is 1.61 bits per heavy atom. The minimum absolute atomic E-state index is 0. The number of hydrogen-bond donors (Lipinski definition) is 1. The first-order valence-electron chi connectivity index (χ1n) is 25.0. The van der Waals surface area contributed by atoms with Crippen LogP contribution in [0.2, 0.25) is 0 Å². The summed E-state index contributed by atoms with van der Waals surface area (Å²) in [4.78, 5) is 3.38. The number of alkyl halides is 9. The predicted molar refractivity (Wildman–Crippen MR) is 261 cm³/mol. The SMILES string of the molecule is [2H]OCC(CCCCCSSC([CH2-])(C)C)COP(OCC[N+]#[C-])N(C(C)C)C(C)C.[3H]C.[CH2-]COc1ccc2c(c1)CCC1C2CCC2(C)C(OCCCOC(C(F)(F)F)(C(F)(F)F)C(F)(F)F)CCC12.[U+2]. The third-order valence-electron chi connectivity index (χ3n) is 12.9. The van der Waals surface area contributed by atoms with Gasteiger partial charge in [-0.25, -0.2) is 11.2 Å². The zero-order valence-corrected chi connectivity index (χ0v) is 48.8.